The Morgan fingerprint density at radius 2 is 2.11 bits per heavy atom. The van der Waals surface area contributed by atoms with Gasteiger partial charge in [0, 0.05) is 20.2 Å². The minimum Gasteiger partial charge on any atom is -0.396 e. The zero-order valence-corrected chi connectivity index (χ0v) is 11.2. The number of likely N-dealkylation sites (N-methyl/N-ethyl adjacent to an activating group) is 1. The third-order valence-corrected chi connectivity index (χ3v) is 4.48. The Morgan fingerprint density at radius 1 is 1.44 bits per heavy atom. The lowest BCUT2D eigenvalue weighted by Crippen LogP contribution is -2.33. The van der Waals surface area contributed by atoms with Gasteiger partial charge in [0.2, 0.25) is 10.0 Å². The number of sulfonamides is 1. The molecule has 0 amide bonds. The Hall–Kier alpha value is -1.18. The highest BCUT2D eigenvalue weighted by Crippen LogP contribution is 2.19. The Morgan fingerprint density at radius 3 is 2.61 bits per heavy atom. The Balaban J connectivity index is 3.06. The van der Waals surface area contributed by atoms with Crippen LogP contribution in [0.5, 0.6) is 0 Å². The minimum absolute atomic E-state index is 0.0751. The van der Waals surface area contributed by atoms with E-state index in [-0.39, 0.29) is 30.3 Å². The molecule has 0 aliphatic carbocycles. The molecule has 7 heteroatoms. The Bertz CT molecular complexity index is 505. The normalized spacial score (nSPS) is 12.0. The number of nitrogens with two attached hydrogens (primary N) is 1. The predicted octanol–water partition coefficient (Wildman–Crippen LogP) is 1.06. The first-order chi connectivity index (χ1) is 8.43. The highest BCUT2D eigenvalue weighted by atomic mass is 32.2. The Labute approximate surface area is 106 Å². The number of halogens is 1. The van der Waals surface area contributed by atoms with Gasteiger partial charge in [0.15, 0.2) is 0 Å². The summed E-state index contributed by atoms with van der Waals surface area (Å²) in [6, 6.07) is 3.47. The van der Waals surface area contributed by atoms with Crippen molar-refractivity contribution in [3.8, 4) is 0 Å². The summed E-state index contributed by atoms with van der Waals surface area (Å²) < 4.78 is 43.8. The summed E-state index contributed by atoms with van der Waals surface area (Å²) in [5, 5.41) is 0. The quantitative estimate of drug-likeness (QED) is 0.789. The first-order valence-electron chi connectivity index (χ1n) is 5.47. The molecule has 1 aromatic rings. The van der Waals surface area contributed by atoms with E-state index in [1.165, 1.54) is 23.5 Å². The topological polar surface area (TPSA) is 72.6 Å². The molecule has 1 rings (SSSR count). The summed E-state index contributed by atoms with van der Waals surface area (Å²) in [4.78, 5) is -0.104. The first-order valence-corrected chi connectivity index (χ1v) is 6.91. The zero-order valence-electron chi connectivity index (χ0n) is 10.4. The molecule has 0 heterocycles. The average Bonchev–Trinajstić information content (AvgIpc) is 2.33. The SMILES string of the molecule is CCN(CCOC)S(=O)(=O)c1ccc(N)c(F)c1. The smallest absolute Gasteiger partial charge is 0.243 e. The fourth-order valence-corrected chi connectivity index (χ4v) is 2.90. The fraction of sp³-hybridized carbons (Fsp3) is 0.455. The fourth-order valence-electron chi connectivity index (χ4n) is 1.46. The number of nitrogens with zero attached hydrogens (tertiary/aromatic N) is 1. The first kappa shape index (κ1) is 14.9. The third-order valence-electron chi connectivity index (χ3n) is 2.51. The monoisotopic (exact) mass is 276 g/mol. The van der Waals surface area contributed by atoms with Crippen molar-refractivity contribution < 1.29 is 17.5 Å². The largest absolute Gasteiger partial charge is 0.396 e. The van der Waals surface area contributed by atoms with Crippen molar-refractivity contribution in [1.82, 2.24) is 4.31 Å². The molecule has 102 valence electrons. The van der Waals surface area contributed by atoms with Crippen LogP contribution in [0.1, 0.15) is 6.92 Å². The van der Waals surface area contributed by atoms with E-state index in [4.69, 9.17) is 10.5 Å². The van der Waals surface area contributed by atoms with Crippen LogP contribution in [0, 0.1) is 5.82 Å². The summed E-state index contributed by atoms with van der Waals surface area (Å²) in [6.07, 6.45) is 0. The molecule has 0 saturated carbocycles. The predicted molar refractivity (Wildman–Crippen MR) is 67.1 cm³/mol. The van der Waals surface area contributed by atoms with E-state index >= 15 is 0 Å². The van der Waals surface area contributed by atoms with Crippen molar-refractivity contribution in [2.24, 2.45) is 0 Å². The minimum atomic E-state index is -3.70. The summed E-state index contributed by atoms with van der Waals surface area (Å²) in [6.45, 7) is 2.50. The number of benzene rings is 1. The number of anilines is 1. The number of methoxy groups -OCH3 is 1. The van der Waals surface area contributed by atoms with Crippen LogP contribution >= 0.6 is 0 Å². The summed E-state index contributed by atoms with van der Waals surface area (Å²) in [5.74, 6) is -0.737. The molecule has 2 N–H and O–H groups in total. The van der Waals surface area contributed by atoms with Crippen LogP contribution in [0.15, 0.2) is 23.1 Å². The maximum absolute atomic E-state index is 13.3. The van der Waals surface area contributed by atoms with Gasteiger partial charge in [-0.15, -0.1) is 0 Å². The molecule has 0 fully saturated rings. The van der Waals surface area contributed by atoms with Crippen LogP contribution in [0.2, 0.25) is 0 Å². The van der Waals surface area contributed by atoms with Gasteiger partial charge in [-0.2, -0.15) is 4.31 Å². The molecule has 0 spiro atoms. The van der Waals surface area contributed by atoms with Crippen LogP contribution in [-0.4, -0.2) is 39.5 Å². The van der Waals surface area contributed by atoms with Gasteiger partial charge >= 0.3 is 0 Å². The van der Waals surface area contributed by atoms with Gasteiger partial charge in [0.25, 0.3) is 0 Å². The molecular formula is C11H17FN2O3S. The van der Waals surface area contributed by atoms with E-state index in [0.29, 0.717) is 0 Å². The molecule has 1 aromatic carbocycles. The van der Waals surface area contributed by atoms with Crippen molar-refractivity contribution in [3.05, 3.63) is 24.0 Å². The van der Waals surface area contributed by atoms with Crippen LogP contribution in [0.3, 0.4) is 0 Å². The van der Waals surface area contributed by atoms with Crippen molar-refractivity contribution in [1.29, 1.82) is 0 Å². The lowest BCUT2D eigenvalue weighted by molar-refractivity contribution is 0.180. The zero-order chi connectivity index (χ0) is 13.8. The molecule has 0 aliphatic heterocycles. The van der Waals surface area contributed by atoms with Gasteiger partial charge in [0.1, 0.15) is 5.82 Å². The van der Waals surface area contributed by atoms with Crippen molar-refractivity contribution in [3.63, 3.8) is 0 Å². The summed E-state index contributed by atoms with van der Waals surface area (Å²) in [7, 11) is -2.22. The van der Waals surface area contributed by atoms with E-state index in [1.807, 2.05) is 0 Å². The van der Waals surface area contributed by atoms with E-state index in [0.717, 1.165) is 6.07 Å². The van der Waals surface area contributed by atoms with Gasteiger partial charge in [-0.05, 0) is 18.2 Å². The van der Waals surface area contributed by atoms with Gasteiger partial charge in [-0.1, -0.05) is 6.92 Å². The lowest BCUT2D eigenvalue weighted by atomic mass is 10.3. The maximum atomic E-state index is 13.3. The number of rotatable bonds is 6. The summed E-state index contributed by atoms with van der Waals surface area (Å²) >= 11 is 0. The molecule has 0 aliphatic rings. The van der Waals surface area contributed by atoms with Gasteiger partial charge in [-0.3, -0.25) is 0 Å². The van der Waals surface area contributed by atoms with Crippen molar-refractivity contribution >= 4 is 15.7 Å². The molecular weight excluding hydrogens is 259 g/mol. The second-order valence-corrected chi connectivity index (χ2v) is 5.61. The number of hydrogen-bond donors (Lipinski definition) is 1. The molecule has 18 heavy (non-hydrogen) atoms. The highest BCUT2D eigenvalue weighted by molar-refractivity contribution is 7.89. The lowest BCUT2D eigenvalue weighted by Gasteiger charge is -2.20. The van der Waals surface area contributed by atoms with Crippen molar-refractivity contribution in [2.45, 2.75) is 11.8 Å². The highest BCUT2D eigenvalue weighted by Gasteiger charge is 2.23. The second-order valence-electron chi connectivity index (χ2n) is 3.67. The molecule has 0 saturated heterocycles. The van der Waals surface area contributed by atoms with E-state index in [9.17, 15) is 12.8 Å². The second kappa shape index (κ2) is 6.12. The van der Waals surface area contributed by atoms with Gasteiger partial charge in [-0.25, -0.2) is 12.8 Å². The number of hydrogen-bond acceptors (Lipinski definition) is 4. The number of nitrogen functional groups attached to an aromatic ring is 1. The summed E-state index contributed by atoms with van der Waals surface area (Å²) in [5.41, 5.74) is 5.24. The van der Waals surface area contributed by atoms with E-state index in [1.54, 1.807) is 6.92 Å². The van der Waals surface area contributed by atoms with Crippen LogP contribution < -0.4 is 5.73 Å². The van der Waals surface area contributed by atoms with Gasteiger partial charge < -0.3 is 10.5 Å². The Kier molecular flexibility index (Phi) is 5.06. The molecule has 0 atom stereocenters. The average molecular weight is 276 g/mol. The molecule has 0 bridgehead atoms. The van der Waals surface area contributed by atoms with E-state index < -0.39 is 15.8 Å². The van der Waals surface area contributed by atoms with Crippen LogP contribution in [0.4, 0.5) is 10.1 Å². The molecule has 0 unspecified atom stereocenters. The molecule has 0 radical (unpaired) electrons. The maximum Gasteiger partial charge on any atom is 0.243 e. The van der Waals surface area contributed by atoms with Gasteiger partial charge in [0.05, 0.1) is 17.2 Å². The standard InChI is InChI=1S/C11H17FN2O3S/c1-3-14(6-7-17-2)18(15,16)9-4-5-11(13)10(12)8-9/h4-5,8H,3,6-7,13H2,1-2H3. The molecule has 5 nitrogen and oxygen atoms in total. The number of ether oxygens (including phenoxy) is 1. The van der Waals surface area contributed by atoms with Crippen LogP contribution in [0.25, 0.3) is 0 Å². The van der Waals surface area contributed by atoms with Crippen LogP contribution in [-0.2, 0) is 14.8 Å². The van der Waals surface area contributed by atoms with Crippen molar-refractivity contribution in [2.75, 3.05) is 32.5 Å². The molecule has 0 aromatic heterocycles. The third kappa shape index (κ3) is 3.18. The van der Waals surface area contributed by atoms with E-state index in [2.05, 4.69) is 0 Å².